The summed E-state index contributed by atoms with van der Waals surface area (Å²) in [5, 5.41) is 2.95. The Kier molecular flexibility index (Phi) is 3.98. The van der Waals surface area contributed by atoms with E-state index in [2.05, 4.69) is 5.32 Å². The zero-order chi connectivity index (χ0) is 16.4. The number of hydrogen-bond donors (Lipinski definition) is 1. The second kappa shape index (κ2) is 6.08. The smallest absolute Gasteiger partial charge is 0.326 e. The maximum absolute atomic E-state index is 12.6. The van der Waals surface area contributed by atoms with Gasteiger partial charge in [0.2, 0.25) is 0 Å². The molecule has 0 saturated heterocycles. The maximum Gasteiger partial charge on any atom is 0.326 e. The summed E-state index contributed by atoms with van der Waals surface area (Å²) in [6.07, 6.45) is 0. The van der Waals surface area contributed by atoms with Crippen molar-refractivity contribution in [1.29, 1.82) is 0 Å². The molecule has 3 rings (SSSR count). The van der Waals surface area contributed by atoms with Crippen molar-refractivity contribution in [1.82, 2.24) is 5.32 Å². The predicted molar refractivity (Wildman–Crippen MR) is 90.0 cm³/mol. The van der Waals surface area contributed by atoms with E-state index in [1.54, 1.807) is 4.90 Å². The van der Waals surface area contributed by atoms with Crippen LogP contribution in [-0.4, -0.2) is 11.8 Å². The van der Waals surface area contributed by atoms with E-state index in [-0.39, 0.29) is 11.8 Å². The Hall–Kier alpha value is -2.88. The van der Waals surface area contributed by atoms with E-state index >= 15 is 0 Å². The summed E-state index contributed by atoms with van der Waals surface area (Å²) < 4.78 is 0. The number of urea groups is 1. The SMILES string of the molecule is CC(=O)C1=C(C)N(c2ccccc2)C(=O)NC1c1ccccc1. The molecule has 4 heteroatoms. The molecule has 116 valence electrons. The first-order valence-electron chi connectivity index (χ1n) is 7.52. The van der Waals surface area contributed by atoms with Gasteiger partial charge in [0.25, 0.3) is 0 Å². The number of carbonyl (C=O) groups is 2. The molecular weight excluding hydrogens is 288 g/mol. The van der Waals surface area contributed by atoms with Crippen LogP contribution in [0.25, 0.3) is 0 Å². The number of nitrogens with zero attached hydrogens (tertiary/aromatic N) is 1. The van der Waals surface area contributed by atoms with Gasteiger partial charge in [-0.1, -0.05) is 48.5 Å². The summed E-state index contributed by atoms with van der Waals surface area (Å²) in [6, 6.07) is 18.2. The molecule has 1 atom stereocenters. The van der Waals surface area contributed by atoms with Gasteiger partial charge in [0.05, 0.1) is 11.7 Å². The Morgan fingerprint density at radius 1 is 1.00 bits per heavy atom. The Labute approximate surface area is 135 Å². The molecule has 1 heterocycles. The van der Waals surface area contributed by atoms with Gasteiger partial charge >= 0.3 is 6.03 Å². The second-order valence-corrected chi connectivity index (χ2v) is 5.52. The molecular formula is C19H18N2O2. The van der Waals surface area contributed by atoms with Crippen molar-refractivity contribution < 1.29 is 9.59 Å². The van der Waals surface area contributed by atoms with Crippen molar-refractivity contribution in [3.63, 3.8) is 0 Å². The Morgan fingerprint density at radius 3 is 2.13 bits per heavy atom. The Balaban J connectivity index is 2.12. The number of hydrogen-bond acceptors (Lipinski definition) is 2. The lowest BCUT2D eigenvalue weighted by Gasteiger charge is -2.35. The molecule has 0 fully saturated rings. The van der Waals surface area contributed by atoms with Crippen LogP contribution in [0, 0.1) is 0 Å². The van der Waals surface area contributed by atoms with Crippen LogP contribution in [-0.2, 0) is 4.79 Å². The Bertz CT molecular complexity index is 766. The highest BCUT2D eigenvalue weighted by Gasteiger charge is 2.34. The normalized spacial score (nSPS) is 17.9. The van der Waals surface area contributed by atoms with Crippen LogP contribution in [0.5, 0.6) is 0 Å². The highest BCUT2D eigenvalue weighted by Crippen LogP contribution is 2.33. The summed E-state index contributed by atoms with van der Waals surface area (Å²) in [7, 11) is 0. The summed E-state index contributed by atoms with van der Waals surface area (Å²) in [5.41, 5.74) is 2.92. The standard InChI is InChI=1S/C19H18N2O2/c1-13-17(14(2)22)18(15-9-5-3-6-10-15)20-19(23)21(13)16-11-7-4-8-12-16/h3-12,18H,1-2H3,(H,20,23). The minimum atomic E-state index is -0.416. The van der Waals surface area contributed by atoms with Gasteiger partial charge in [-0.2, -0.15) is 0 Å². The molecule has 1 unspecified atom stereocenters. The van der Waals surface area contributed by atoms with Crippen LogP contribution < -0.4 is 10.2 Å². The van der Waals surface area contributed by atoms with E-state index in [0.29, 0.717) is 11.3 Å². The first-order chi connectivity index (χ1) is 11.1. The summed E-state index contributed by atoms with van der Waals surface area (Å²) in [5.74, 6) is -0.0442. The third kappa shape index (κ3) is 2.75. The quantitative estimate of drug-likeness (QED) is 0.937. The number of amides is 2. The van der Waals surface area contributed by atoms with Crippen LogP contribution in [0.3, 0.4) is 0 Å². The monoisotopic (exact) mass is 306 g/mol. The van der Waals surface area contributed by atoms with Crippen molar-refractivity contribution >= 4 is 17.5 Å². The number of para-hydroxylation sites is 1. The molecule has 2 aromatic rings. The van der Waals surface area contributed by atoms with Crippen LogP contribution in [0.1, 0.15) is 25.5 Å². The van der Waals surface area contributed by atoms with Crippen molar-refractivity contribution in [2.75, 3.05) is 4.90 Å². The topological polar surface area (TPSA) is 49.4 Å². The summed E-state index contributed by atoms with van der Waals surface area (Å²) >= 11 is 0. The van der Waals surface area contributed by atoms with Gasteiger partial charge in [-0.3, -0.25) is 9.69 Å². The number of rotatable bonds is 3. The van der Waals surface area contributed by atoms with Crippen LogP contribution in [0.4, 0.5) is 10.5 Å². The van der Waals surface area contributed by atoms with Gasteiger partial charge in [0, 0.05) is 11.3 Å². The molecule has 1 N–H and O–H groups in total. The van der Waals surface area contributed by atoms with Crippen molar-refractivity contribution in [3.05, 3.63) is 77.5 Å². The van der Waals surface area contributed by atoms with Crippen LogP contribution in [0.2, 0.25) is 0 Å². The van der Waals surface area contributed by atoms with E-state index in [9.17, 15) is 9.59 Å². The number of nitrogens with one attached hydrogen (secondary N) is 1. The third-order valence-corrected chi connectivity index (χ3v) is 4.01. The highest BCUT2D eigenvalue weighted by molar-refractivity contribution is 6.04. The fourth-order valence-corrected chi connectivity index (χ4v) is 2.98. The summed E-state index contributed by atoms with van der Waals surface area (Å²) in [6.45, 7) is 3.35. The largest absolute Gasteiger partial charge is 0.326 e. The average Bonchev–Trinajstić information content (AvgIpc) is 2.55. The third-order valence-electron chi connectivity index (χ3n) is 4.01. The molecule has 0 aromatic heterocycles. The minimum absolute atomic E-state index is 0.0442. The zero-order valence-electron chi connectivity index (χ0n) is 13.1. The molecule has 1 aliphatic heterocycles. The Morgan fingerprint density at radius 2 is 1.57 bits per heavy atom. The molecule has 0 bridgehead atoms. The molecule has 1 aliphatic rings. The van der Waals surface area contributed by atoms with Gasteiger partial charge in [0.15, 0.2) is 5.78 Å². The fraction of sp³-hybridized carbons (Fsp3) is 0.158. The molecule has 2 aromatic carbocycles. The van der Waals surface area contributed by atoms with E-state index in [1.807, 2.05) is 67.6 Å². The predicted octanol–water partition coefficient (Wildman–Crippen LogP) is 3.82. The van der Waals surface area contributed by atoms with Gasteiger partial charge in [0.1, 0.15) is 0 Å². The first kappa shape index (κ1) is 15.0. The fourth-order valence-electron chi connectivity index (χ4n) is 2.98. The number of carbonyl (C=O) groups excluding carboxylic acids is 2. The molecule has 0 spiro atoms. The number of allylic oxidation sites excluding steroid dienone is 1. The highest BCUT2D eigenvalue weighted by atomic mass is 16.2. The molecule has 23 heavy (non-hydrogen) atoms. The molecule has 0 aliphatic carbocycles. The van der Waals surface area contributed by atoms with E-state index in [1.165, 1.54) is 6.92 Å². The van der Waals surface area contributed by atoms with Crippen molar-refractivity contribution in [2.45, 2.75) is 19.9 Å². The van der Waals surface area contributed by atoms with Crippen LogP contribution >= 0.6 is 0 Å². The van der Waals surface area contributed by atoms with E-state index in [4.69, 9.17) is 0 Å². The lowest BCUT2D eigenvalue weighted by atomic mass is 9.92. The number of Topliss-reactive ketones (excluding diaryl/α,β-unsaturated/α-hetero) is 1. The second-order valence-electron chi connectivity index (χ2n) is 5.52. The lowest BCUT2D eigenvalue weighted by Crippen LogP contribution is -2.47. The van der Waals surface area contributed by atoms with Crippen molar-refractivity contribution in [3.8, 4) is 0 Å². The minimum Gasteiger partial charge on any atom is -0.326 e. The van der Waals surface area contributed by atoms with E-state index in [0.717, 1.165) is 11.3 Å². The number of ketones is 1. The number of anilines is 1. The molecule has 2 amide bonds. The molecule has 0 radical (unpaired) electrons. The van der Waals surface area contributed by atoms with E-state index < -0.39 is 6.04 Å². The van der Waals surface area contributed by atoms with Gasteiger partial charge in [-0.25, -0.2) is 4.79 Å². The van der Waals surface area contributed by atoms with Gasteiger partial charge < -0.3 is 5.32 Å². The van der Waals surface area contributed by atoms with Crippen LogP contribution in [0.15, 0.2) is 71.9 Å². The molecule has 0 saturated carbocycles. The number of benzene rings is 2. The first-order valence-corrected chi connectivity index (χ1v) is 7.52. The maximum atomic E-state index is 12.6. The summed E-state index contributed by atoms with van der Waals surface area (Å²) in [4.78, 5) is 26.4. The zero-order valence-corrected chi connectivity index (χ0v) is 13.1. The lowest BCUT2D eigenvalue weighted by molar-refractivity contribution is -0.114. The molecule has 4 nitrogen and oxygen atoms in total. The average molecular weight is 306 g/mol. The van der Waals surface area contributed by atoms with Crippen molar-refractivity contribution in [2.24, 2.45) is 0 Å². The van der Waals surface area contributed by atoms with Gasteiger partial charge in [-0.05, 0) is 31.5 Å². The van der Waals surface area contributed by atoms with Gasteiger partial charge in [-0.15, -0.1) is 0 Å².